The molecule has 6 nitrogen and oxygen atoms in total. The molecule has 2 unspecified atom stereocenters. The average molecular weight is 347 g/mol. The van der Waals surface area contributed by atoms with Crippen LogP contribution in [0.3, 0.4) is 0 Å². The molecule has 1 saturated heterocycles. The van der Waals surface area contributed by atoms with E-state index in [-0.39, 0.29) is 11.9 Å². The predicted octanol–water partition coefficient (Wildman–Crippen LogP) is 2.38. The Hall–Kier alpha value is -1.73. The van der Waals surface area contributed by atoms with Crippen molar-refractivity contribution in [2.45, 2.75) is 46.2 Å². The number of piperidine rings is 1. The van der Waals surface area contributed by atoms with Crippen molar-refractivity contribution >= 4 is 17.2 Å². The van der Waals surface area contributed by atoms with Crippen LogP contribution in [0.2, 0.25) is 0 Å². The van der Waals surface area contributed by atoms with Crippen molar-refractivity contribution in [3.8, 4) is 0 Å². The van der Waals surface area contributed by atoms with Gasteiger partial charge in [0.15, 0.2) is 0 Å². The molecule has 130 valence electrons. The van der Waals surface area contributed by atoms with E-state index in [1.807, 2.05) is 20.0 Å². The van der Waals surface area contributed by atoms with Crippen molar-refractivity contribution in [3.63, 3.8) is 0 Å². The Kier molecular flexibility index (Phi) is 5.30. The quantitative estimate of drug-likeness (QED) is 0.871. The molecule has 0 aromatic carbocycles. The lowest BCUT2D eigenvalue weighted by atomic mass is 9.93. The van der Waals surface area contributed by atoms with E-state index in [1.54, 1.807) is 17.5 Å². The lowest BCUT2D eigenvalue weighted by Gasteiger charge is -2.37. The highest BCUT2D eigenvalue weighted by molar-refractivity contribution is 7.11. The molecule has 1 aliphatic heterocycles. The van der Waals surface area contributed by atoms with E-state index in [1.165, 1.54) is 4.88 Å². The van der Waals surface area contributed by atoms with E-state index in [0.29, 0.717) is 11.6 Å². The van der Waals surface area contributed by atoms with Crippen molar-refractivity contribution in [1.29, 1.82) is 0 Å². The van der Waals surface area contributed by atoms with Gasteiger partial charge in [-0.1, -0.05) is 13.8 Å². The highest BCUT2D eigenvalue weighted by Gasteiger charge is 2.28. The number of nitrogens with one attached hydrogen (secondary N) is 2. The van der Waals surface area contributed by atoms with Gasteiger partial charge in [-0.15, -0.1) is 11.3 Å². The van der Waals surface area contributed by atoms with Gasteiger partial charge >= 0.3 is 0 Å². The minimum atomic E-state index is -0.0504. The average Bonchev–Trinajstić information content (AvgIpc) is 3.19. The van der Waals surface area contributed by atoms with E-state index in [2.05, 4.69) is 32.1 Å². The molecule has 1 amide bonds. The Morgan fingerprint density at radius 3 is 2.92 bits per heavy atom. The minimum Gasteiger partial charge on any atom is -0.348 e. The van der Waals surface area contributed by atoms with Gasteiger partial charge in [-0.05, 0) is 19.3 Å². The fourth-order valence-electron chi connectivity index (χ4n) is 3.19. The summed E-state index contributed by atoms with van der Waals surface area (Å²) >= 11 is 1.76. The Morgan fingerprint density at radius 2 is 2.29 bits per heavy atom. The molecule has 2 aromatic heterocycles. The van der Waals surface area contributed by atoms with Crippen LogP contribution in [0, 0.1) is 12.8 Å². The second-order valence-corrected chi connectivity index (χ2v) is 7.84. The van der Waals surface area contributed by atoms with Crippen molar-refractivity contribution < 1.29 is 4.79 Å². The number of aromatic amines is 1. The summed E-state index contributed by atoms with van der Waals surface area (Å²) in [5.74, 6) is 1.22. The number of rotatable bonds is 5. The number of carbonyl (C=O) groups excluding carboxylic acids is 1. The smallest absolute Gasteiger partial charge is 0.269 e. The number of carbonyl (C=O) groups is 1. The van der Waals surface area contributed by atoms with Crippen molar-refractivity contribution in [1.82, 2.24) is 25.2 Å². The number of amides is 1. The molecule has 0 bridgehead atoms. The maximum Gasteiger partial charge on any atom is 0.269 e. The SMILES string of the molecule is CCc1ncc(C(=O)NC2CCN(Cc3cnc(C)s3)CC2C)[nH]1. The fraction of sp³-hybridized carbons (Fsp3) is 0.588. The molecule has 2 atom stereocenters. The number of aryl methyl sites for hydroxylation is 2. The van der Waals surface area contributed by atoms with Crippen LogP contribution in [0.5, 0.6) is 0 Å². The molecule has 0 saturated carbocycles. The third kappa shape index (κ3) is 4.02. The normalized spacial score (nSPS) is 21.8. The van der Waals surface area contributed by atoms with Crippen LogP contribution in [-0.4, -0.2) is 44.9 Å². The van der Waals surface area contributed by atoms with Gasteiger partial charge in [-0.25, -0.2) is 9.97 Å². The van der Waals surface area contributed by atoms with Gasteiger partial charge in [0.2, 0.25) is 0 Å². The molecule has 2 N–H and O–H groups in total. The topological polar surface area (TPSA) is 73.9 Å². The van der Waals surface area contributed by atoms with Crippen LogP contribution in [-0.2, 0) is 13.0 Å². The molecule has 1 aliphatic rings. The highest BCUT2D eigenvalue weighted by Crippen LogP contribution is 2.21. The van der Waals surface area contributed by atoms with Gasteiger partial charge in [0.25, 0.3) is 5.91 Å². The van der Waals surface area contributed by atoms with Crippen LogP contribution in [0.1, 0.15) is 46.5 Å². The van der Waals surface area contributed by atoms with Gasteiger partial charge in [0.05, 0.1) is 11.2 Å². The summed E-state index contributed by atoms with van der Waals surface area (Å²) in [5, 5.41) is 4.28. The summed E-state index contributed by atoms with van der Waals surface area (Å²) in [6.45, 7) is 9.21. The molecular formula is C17H25N5OS. The number of imidazole rings is 1. The molecule has 0 spiro atoms. The van der Waals surface area contributed by atoms with Crippen LogP contribution < -0.4 is 5.32 Å². The zero-order valence-electron chi connectivity index (χ0n) is 14.5. The second kappa shape index (κ2) is 7.44. The van der Waals surface area contributed by atoms with Gasteiger partial charge in [-0.2, -0.15) is 0 Å². The van der Waals surface area contributed by atoms with Crippen molar-refractivity contribution in [3.05, 3.63) is 33.8 Å². The maximum absolute atomic E-state index is 12.4. The first-order valence-electron chi connectivity index (χ1n) is 8.53. The summed E-state index contributed by atoms with van der Waals surface area (Å²) in [4.78, 5) is 27.7. The lowest BCUT2D eigenvalue weighted by Crippen LogP contribution is -2.49. The number of likely N-dealkylation sites (tertiary alicyclic amines) is 1. The summed E-state index contributed by atoms with van der Waals surface area (Å²) in [6.07, 6.45) is 5.38. The first-order chi connectivity index (χ1) is 11.5. The molecule has 24 heavy (non-hydrogen) atoms. The maximum atomic E-state index is 12.4. The number of hydrogen-bond donors (Lipinski definition) is 2. The van der Waals surface area contributed by atoms with E-state index < -0.39 is 0 Å². The van der Waals surface area contributed by atoms with E-state index in [9.17, 15) is 4.79 Å². The van der Waals surface area contributed by atoms with Crippen molar-refractivity contribution in [2.24, 2.45) is 5.92 Å². The molecular weight excluding hydrogens is 322 g/mol. The van der Waals surface area contributed by atoms with Gasteiger partial charge in [0, 0.05) is 43.2 Å². The number of hydrogen-bond acceptors (Lipinski definition) is 5. The molecule has 1 fully saturated rings. The fourth-order valence-corrected chi connectivity index (χ4v) is 4.03. The summed E-state index contributed by atoms with van der Waals surface area (Å²) in [7, 11) is 0. The standard InChI is InChI=1S/C17H25N5OS/c1-4-16-19-8-15(20-16)17(23)21-14-5-6-22(9-11(14)2)10-13-7-18-12(3)24-13/h7-8,11,14H,4-6,9-10H2,1-3H3,(H,19,20)(H,21,23). The van der Waals surface area contributed by atoms with Crippen LogP contribution >= 0.6 is 11.3 Å². The molecule has 0 radical (unpaired) electrons. The highest BCUT2D eigenvalue weighted by atomic mass is 32.1. The number of aromatic nitrogens is 3. The molecule has 3 heterocycles. The number of thiazole rings is 1. The Bertz CT molecular complexity index is 695. The predicted molar refractivity (Wildman–Crippen MR) is 95.1 cm³/mol. The Morgan fingerprint density at radius 1 is 1.46 bits per heavy atom. The first kappa shape index (κ1) is 17.1. The Balaban J connectivity index is 1.52. The lowest BCUT2D eigenvalue weighted by molar-refractivity contribution is 0.0857. The van der Waals surface area contributed by atoms with Crippen LogP contribution in [0.4, 0.5) is 0 Å². The minimum absolute atomic E-state index is 0.0504. The number of nitrogens with zero attached hydrogens (tertiary/aromatic N) is 3. The zero-order valence-corrected chi connectivity index (χ0v) is 15.3. The van der Waals surface area contributed by atoms with Gasteiger partial charge in [0.1, 0.15) is 11.5 Å². The summed E-state index contributed by atoms with van der Waals surface area (Å²) in [5.41, 5.74) is 0.557. The summed E-state index contributed by atoms with van der Waals surface area (Å²) in [6, 6.07) is 0.213. The van der Waals surface area contributed by atoms with Gasteiger partial charge in [-0.3, -0.25) is 9.69 Å². The summed E-state index contributed by atoms with van der Waals surface area (Å²) < 4.78 is 0. The third-order valence-corrected chi connectivity index (χ3v) is 5.46. The molecule has 7 heteroatoms. The van der Waals surface area contributed by atoms with E-state index in [0.717, 1.165) is 43.3 Å². The van der Waals surface area contributed by atoms with Crippen molar-refractivity contribution in [2.75, 3.05) is 13.1 Å². The molecule has 0 aliphatic carbocycles. The second-order valence-electron chi connectivity index (χ2n) is 6.52. The van der Waals surface area contributed by atoms with E-state index >= 15 is 0 Å². The van der Waals surface area contributed by atoms with Crippen LogP contribution in [0.15, 0.2) is 12.4 Å². The van der Waals surface area contributed by atoms with Crippen LogP contribution in [0.25, 0.3) is 0 Å². The van der Waals surface area contributed by atoms with Gasteiger partial charge < -0.3 is 10.3 Å². The Labute approximate surface area is 146 Å². The monoisotopic (exact) mass is 347 g/mol. The third-order valence-electron chi connectivity index (χ3n) is 4.56. The zero-order chi connectivity index (χ0) is 17.1. The first-order valence-corrected chi connectivity index (χ1v) is 9.35. The number of H-pyrrole nitrogens is 1. The molecule has 3 rings (SSSR count). The molecule has 2 aromatic rings. The largest absolute Gasteiger partial charge is 0.348 e. The van der Waals surface area contributed by atoms with E-state index in [4.69, 9.17) is 0 Å².